The van der Waals surface area contributed by atoms with Crippen LogP contribution in [0.4, 0.5) is 8.78 Å². The first-order valence-corrected chi connectivity index (χ1v) is 8.90. The number of hydrogen-bond acceptors (Lipinski definition) is 4. The van der Waals surface area contributed by atoms with Crippen LogP contribution in [0, 0.1) is 11.6 Å². The summed E-state index contributed by atoms with van der Waals surface area (Å²) in [5.74, 6) is -0.365. The molecule has 4 nitrogen and oxygen atoms in total. The Morgan fingerprint density at radius 2 is 1.65 bits per heavy atom. The molecule has 0 amide bonds. The van der Waals surface area contributed by atoms with Crippen molar-refractivity contribution >= 4 is 12.2 Å². The van der Waals surface area contributed by atoms with Gasteiger partial charge < -0.3 is 9.47 Å². The van der Waals surface area contributed by atoms with E-state index in [0.717, 1.165) is 31.7 Å². The van der Waals surface area contributed by atoms with Crippen LogP contribution in [0.25, 0.3) is 12.2 Å². The molecule has 0 saturated carbocycles. The Morgan fingerprint density at radius 3 is 2.35 bits per heavy atom. The largest absolute Gasteiger partial charge is 0.488 e. The molecule has 0 spiro atoms. The molecular formula is C20H24F2N2O2. The van der Waals surface area contributed by atoms with Crippen LogP contribution in [-0.4, -0.2) is 23.4 Å². The summed E-state index contributed by atoms with van der Waals surface area (Å²) < 4.78 is 38.1. The Kier molecular flexibility index (Phi) is 7.99. The van der Waals surface area contributed by atoms with Crippen molar-refractivity contribution in [2.24, 2.45) is 0 Å². The van der Waals surface area contributed by atoms with Crippen molar-refractivity contribution in [2.75, 3.05) is 13.2 Å². The van der Waals surface area contributed by atoms with Crippen LogP contribution in [0.2, 0.25) is 0 Å². The van der Waals surface area contributed by atoms with E-state index in [1.807, 2.05) is 0 Å². The minimum Gasteiger partial charge on any atom is -0.488 e. The Hall–Kier alpha value is -2.50. The van der Waals surface area contributed by atoms with E-state index in [0.29, 0.717) is 30.5 Å². The van der Waals surface area contributed by atoms with Gasteiger partial charge in [0.1, 0.15) is 11.6 Å². The molecule has 2 aromatic rings. The van der Waals surface area contributed by atoms with E-state index in [-0.39, 0.29) is 5.56 Å². The van der Waals surface area contributed by atoms with Gasteiger partial charge in [0.25, 0.3) is 5.88 Å². The fourth-order valence-electron chi connectivity index (χ4n) is 2.11. The number of rotatable bonds is 10. The van der Waals surface area contributed by atoms with Gasteiger partial charge in [0.05, 0.1) is 18.9 Å². The summed E-state index contributed by atoms with van der Waals surface area (Å²) in [7, 11) is 0. The van der Waals surface area contributed by atoms with Crippen molar-refractivity contribution in [3.63, 3.8) is 0 Å². The third-order valence-corrected chi connectivity index (χ3v) is 3.63. The van der Waals surface area contributed by atoms with Gasteiger partial charge in [-0.2, -0.15) is 0 Å². The van der Waals surface area contributed by atoms with E-state index in [1.54, 1.807) is 12.1 Å². The minimum absolute atomic E-state index is 0.268. The molecule has 6 heteroatoms. The van der Waals surface area contributed by atoms with E-state index in [9.17, 15) is 8.78 Å². The van der Waals surface area contributed by atoms with Gasteiger partial charge in [0.2, 0.25) is 0 Å². The van der Waals surface area contributed by atoms with Gasteiger partial charge in [-0.25, -0.2) is 8.78 Å². The van der Waals surface area contributed by atoms with Gasteiger partial charge in [-0.15, -0.1) is 10.2 Å². The molecule has 0 bridgehead atoms. The highest BCUT2D eigenvalue weighted by atomic mass is 19.1. The molecular weight excluding hydrogens is 338 g/mol. The molecule has 1 aromatic heterocycles. The number of aromatic nitrogens is 2. The molecule has 2 rings (SSSR count). The maximum Gasteiger partial charge on any atom is 0.276 e. The van der Waals surface area contributed by atoms with Gasteiger partial charge in [-0.05, 0) is 37.1 Å². The number of ether oxygens (including phenoxy) is 2. The minimum atomic E-state index is -0.631. The number of halogens is 2. The average Bonchev–Trinajstić information content (AvgIpc) is 2.63. The summed E-state index contributed by atoms with van der Waals surface area (Å²) in [5.41, 5.74) is 0.771. The van der Waals surface area contributed by atoms with Crippen molar-refractivity contribution in [1.82, 2.24) is 10.2 Å². The Labute approximate surface area is 152 Å². The summed E-state index contributed by atoms with van der Waals surface area (Å²) in [6.45, 7) is 5.27. The molecule has 0 unspecified atom stereocenters. The SMILES string of the molecule is CCCCOc1cc(/C=C/c2ccc(F)cc2F)nnc1OCCCC. The van der Waals surface area contributed by atoms with Crippen LogP contribution in [-0.2, 0) is 0 Å². The molecule has 0 fully saturated rings. The second-order valence-corrected chi connectivity index (χ2v) is 5.84. The second-order valence-electron chi connectivity index (χ2n) is 5.84. The average molecular weight is 362 g/mol. The molecule has 26 heavy (non-hydrogen) atoms. The van der Waals surface area contributed by atoms with E-state index in [2.05, 4.69) is 24.0 Å². The monoisotopic (exact) mass is 362 g/mol. The molecule has 1 heterocycles. The molecule has 0 aliphatic carbocycles. The first kappa shape index (κ1) is 19.8. The zero-order valence-corrected chi connectivity index (χ0v) is 15.2. The molecule has 0 saturated heterocycles. The van der Waals surface area contributed by atoms with E-state index in [4.69, 9.17) is 9.47 Å². The number of benzene rings is 1. The zero-order valence-electron chi connectivity index (χ0n) is 15.2. The topological polar surface area (TPSA) is 44.2 Å². The van der Waals surface area contributed by atoms with Crippen molar-refractivity contribution < 1.29 is 18.3 Å². The van der Waals surface area contributed by atoms with Crippen molar-refractivity contribution in [3.05, 3.63) is 47.2 Å². The highest BCUT2D eigenvalue weighted by Crippen LogP contribution is 2.26. The van der Waals surface area contributed by atoms with Gasteiger partial charge >= 0.3 is 0 Å². The molecule has 0 aliphatic rings. The van der Waals surface area contributed by atoms with Crippen LogP contribution in [0.5, 0.6) is 11.6 Å². The summed E-state index contributed by atoms with van der Waals surface area (Å²) in [6.07, 6.45) is 6.99. The molecule has 140 valence electrons. The van der Waals surface area contributed by atoms with Crippen LogP contribution < -0.4 is 9.47 Å². The fourth-order valence-corrected chi connectivity index (χ4v) is 2.11. The third-order valence-electron chi connectivity index (χ3n) is 3.63. The standard InChI is InChI=1S/C20H24F2N2O2/c1-3-5-11-25-19-14-17(23-24-20(19)26-12-6-4-2)10-8-15-7-9-16(21)13-18(15)22/h7-10,13-14H,3-6,11-12H2,1-2H3/b10-8+. The van der Waals surface area contributed by atoms with E-state index < -0.39 is 11.6 Å². The lowest BCUT2D eigenvalue weighted by Crippen LogP contribution is -2.05. The number of unbranched alkanes of at least 4 members (excludes halogenated alkanes) is 2. The second kappa shape index (κ2) is 10.5. The highest BCUT2D eigenvalue weighted by Gasteiger charge is 2.09. The zero-order chi connectivity index (χ0) is 18.8. The fraction of sp³-hybridized carbons (Fsp3) is 0.400. The smallest absolute Gasteiger partial charge is 0.276 e. The molecule has 1 aromatic carbocycles. The van der Waals surface area contributed by atoms with Crippen LogP contribution in [0.3, 0.4) is 0 Å². The summed E-state index contributed by atoms with van der Waals surface area (Å²) in [4.78, 5) is 0. The normalized spacial score (nSPS) is 11.1. The predicted octanol–water partition coefficient (Wildman–Crippen LogP) is 5.28. The summed E-state index contributed by atoms with van der Waals surface area (Å²) in [6, 6.07) is 5.13. The van der Waals surface area contributed by atoms with Gasteiger partial charge in [0.15, 0.2) is 5.75 Å². The number of nitrogens with zero attached hydrogens (tertiary/aromatic N) is 2. The van der Waals surface area contributed by atoms with Crippen molar-refractivity contribution in [1.29, 1.82) is 0 Å². The predicted molar refractivity (Wildman–Crippen MR) is 98.1 cm³/mol. The lowest BCUT2D eigenvalue weighted by molar-refractivity contribution is 0.250. The highest BCUT2D eigenvalue weighted by molar-refractivity contribution is 5.68. The Morgan fingerprint density at radius 1 is 0.923 bits per heavy atom. The molecule has 0 radical (unpaired) electrons. The van der Waals surface area contributed by atoms with E-state index in [1.165, 1.54) is 18.2 Å². The lowest BCUT2D eigenvalue weighted by atomic mass is 10.2. The maximum atomic E-state index is 13.7. The summed E-state index contributed by atoms with van der Waals surface area (Å²) >= 11 is 0. The Balaban J connectivity index is 2.16. The van der Waals surface area contributed by atoms with Crippen molar-refractivity contribution in [3.8, 4) is 11.6 Å². The van der Waals surface area contributed by atoms with Crippen LogP contribution in [0.15, 0.2) is 24.3 Å². The Bertz CT molecular complexity index is 736. The van der Waals surface area contributed by atoms with Gasteiger partial charge in [0, 0.05) is 17.7 Å². The third kappa shape index (κ3) is 6.10. The molecule has 0 aliphatic heterocycles. The quantitative estimate of drug-likeness (QED) is 0.539. The van der Waals surface area contributed by atoms with Crippen molar-refractivity contribution in [2.45, 2.75) is 39.5 Å². The van der Waals surface area contributed by atoms with Gasteiger partial charge in [-0.3, -0.25) is 0 Å². The van der Waals surface area contributed by atoms with Crippen LogP contribution in [0.1, 0.15) is 50.8 Å². The van der Waals surface area contributed by atoms with E-state index >= 15 is 0 Å². The maximum absolute atomic E-state index is 13.7. The first-order chi connectivity index (χ1) is 12.6. The van der Waals surface area contributed by atoms with Crippen LogP contribution >= 0.6 is 0 Å². The number of hydrogen-bond donors (Lipinski definition) is 0. The molecule has 0 N–H and O–H groups in total. The van der Waals surface area contributed by atoms with Gasteiger partial charge in [-0.1, -0.05) is 26.7 Å². The lowest BCUT2D eigenvalue weighted by Gasteiger charge is -2.11. The first-order valence-electron chi connectivity index (χ1n) is 8.90. The summed E-state index contributed by atoms with van der Waals surface area (Å²) in [5, 5.41) is 8.15. The molecule has 0 atom stereocenters.